The Balaban J connectivity index is 1.92. The standard InChI is InChI=1S/C15H16N6O4/c1-19-8-17-13-12(19)14(23)21(15(24)20(13)2)7-10(22)18-9-4-5-11(25-3)16-6-9/h4-6,8H,7H2,1-3H3,(H,18,22). The van der Waals surface area contributed by atoms with E-state index < -0.39 is 23.7 Å². The number of amides is 1. The summed E-state index contributed by atoms with van der Waals surface area (Å²) in [4.78, 5) is 45.1. The van der Waals surface area contributed by atoms with Gasteiger partial charge in [0.25, 0.3) is 5.56 Å². The first-order valence-electron chi connectivity index (χ1n) is 7.33. The second kappa shape index (κ2) is 6.23. The maximum Gasteiger partial charge on any atom is 0.332 e. The normalized spacial score (nSPS) is 10.8. The number of pyridine rings is 1. The fourth-order valence-electron chi connectivity index (χ4n) is 2.45. The average molecular weight is 344 g/mol. The summed E-state index contributed by atoms with van der Waals surface area (Å²) >= 11 is 0. The number of hydrogen-bond donors (Lipinski definition) is 1. The molecule has 0 fully saturated rings. The van der Waals surface area contributed by atoms with Crippen LogP contribution in [0.2, 0.25) is 0 Å². The van der Waals surface area contributed by atoms with Crippen molar-refractivity contribution < 1.29 is 9.53 Å². The predicted octanol–water partition coefficient (Wildman–Crippen LogP) is -0.524. The predicted molar refractivity (Wildman–Crippen MR) is 89.6 cm³/mol. The maximum absolute atomic E-state index is 12.5. The Morgan fingerprint density at radius 1 is 1.24 bits per heavy atom. The van der Waals surface area contributed by atoms with Gasteiger partial charge in [0.1, 0.15) is 6.54 Å². The molecule has 1 N–H and O–H groups in total. The highest BCUT2D eigenvalue weighted by Gasteiger charge is 2.17. The lowest BCUT2D eigenvalue weighted by molar-refractivity contribution is -0.116. The number of imidazole rings is 1. The number of carbonyl (C=O) groups excluding carboxylic acids is 1. The van der Waals surface area contributed by atoms with Crippen molar-refractivity contribution in [2.24, 2.45) is 14.1 Å². The van der Waals surface area contributed by atoms with Crippen molar-refractivity contribution >= 4 is 22.8 Å². The van der Waals surface area contributed by atoms with Crippen LogP contribution in [0, 0.1) is 0 Å². The van der Waals surface area contributed by atoms with Crippen molar-refractivity contribution in [3.8, 4) is 5.88 Å². The van der Waals surface area contributed by atoms with Gasteiger partial charge < -0.3 is 14.6 Å². The molecule has 3 heterocycles. The van der Waals surface area contributed by atoms with Crippen LogP contribution in [0.3, 0.4) is 0 Å². The van der Waals surface area contributed by atoms with Crippen molar-refractivity contribution in [1.82, 2.24) is 23.7 Å². The summed E-state index contributed by atoms with van der Waals surface area (Å²) < 4.78 is 8.56. The molecule has 0 spiro atoms. The second-order valence-corrected chi connectivity index (χ2v) is 5.40. The van der Waals surface area contributed by atoms with Crippen LogP contribution in [0.15, 0.2) is 34.2 Å². The van der Waals surface area contributed by atoms with E-state index in [2.05, 4.69) is 15.3 Å². The van der Waals surface area contributed by atoms with Crippen molar-refractivity contribution in [3.05, 3.63) is 45.5 Å². The highest BCUT2D eigenvalue weighted by Crippen LogP contribution is 2.10. The number of nitrogens with one attached hydrogen (secondary N) is 1. The van der Waals surface area contributed by atoms with Crippen LogP contribution in [0.1, 0.15) is 0 Å². The molecule has 0 bridgehead atoms. The number of nitrogens with zero attached hydrogens (tertiary/aromatic N) is 5. The van der Waals surface area contributed by atoms with E-state index in [1.165, 1.54) is 35.8 Å². The van der Waals surface area contributed by atoms with Crippen LogP contribution in [0.5, 0.6) is 5.88 Å². The molecule has 0 atom stereocenters. The molecule has 0 unspecified atom stereocenters. The Morgan fingerprint density at radius 3 is 2.64 bits per heavy atom. The fourth-order valence-corrected chi connectivity index (χ4v) is 2.45. The summed E-state index contributed by atoms with van der Waals surface area (Å²) in [6.45, 7) is -0.418. The summed E-state index contributed by atoms with van der Waals surface area (Å²) in [6, 6.07) is 3.19. The van der Waals surface area contributed by atoms with Gasteiger partial charge in [-0.15, -0.1) is 0 Å². The number of hydrogen-bond acceptors (Lipinski definition) is 6. The van der Waals surface area contributed by atoms with Crippen LogP contribution >= 0.6 is 0 Å². The summed E-state index contributed by atoms with van der Waals surface area (Å²) in [7, 11) is 4.63. The molecule has 10 nitrogen and oxygen atoms in total. The molecule has 0 saturated carbocycles. The van der Waals surface area contributed by atoms with Crippen LogP contribution in [-0.2, 0) is 25.4 Å². The molecule has 0 aliphatic rings. The van der Waals surface area contributed by atoms with Gasteiger partial charge in [-0.05, 0) is 6.07 Å². The molecule has 3 rings (SSSR count). The Kier molecular flexibility index (Phi) is 4.09. The molecule has 0 aromatic carbocycles. The Morgan fingerprint density at radius 2 is 2.00 bits per heavy atom. The lowest BCUT2D eigenvalue weighted by Gasteiger charge is -2.09. The maximum atomic E-state index is 12.5. The van der Waals surface area contributed by atoms with E-state index in [4.69, 9.17) is 4.74 Å². The minimum absolute atomic E-state index is 0.251. The topological polar surface area (TPSA) is 113 Å². The van der Waals surface area contributed by atoms with Crippen molar-refractivity contribution in [2.75, 3.05) is 12.4 Å². The lowest BCUT2D eigenvalue weighted by atomic mass is 10.4. The first-order chi connectivity index (χ1) is 11.9. The van der Waals surface area contributed by atoms with Gasteiger partial charge in [-0.3, -0.25) is 14.2 Å². The Hall–Kier alpha value is -3.43. The van der Waals surface area contributed by atoms with E-state index >= 15 is 0 Å². The number of anilines is 1. The number of carbonyl (C=O) groups is 1. The molecule has 0 saturated heterocycles. The van der Waals surface area contributed by atoms with Gasteiger partial charge in [-0.1, -0.05) is 0 Å². The third-order valence-electron chi connectivity index (χ3n) is 3.73. The summed E-state index contributed by atoms with van der Waals surface area (Å²) in [5, 5.41) is 2.58. The highest BCUT2D eigenvalue weighted by atomic mass is 16.5. The number of methoxy groups -OCH3 is 1. The lowest BCUT2D eigenvalue weighted by Crippen LogP contribution is -2.42. The highest BCUT2D eigenvalue weighted by molar-refractivity contribution is 5.90. The quantitative estimate of drug-likeness (QED) is 0.681. The fraction of sp³-hybridized carbons (Fsp3) is 0.267. The SMILES string of the molecule is COc1ccc(NC(=O)Cn2c(=O)c3c(ncn3C)n(C)c2=O)cn1. The van der Waals surface area contributed by atoms with E-state index in [0.717, 1.165) is 4.57 Å². The first-order valence-corrected chi connectivity index (χ1v) is 7.33. The number of ether oxygens (including phenoxy) is 1. The monoisotopic (exact) mass is 344 g/mol. The van der Waals surface area contributed by atoms with Crippen molar-refractivity contribution in [1.29, 1.82) is 0 Å². The molecule has 3 aromatic heterocycles. The summed E-state index contributed by atoms with van der Waals surface area (Å²) in [5.41, 5.74) is -0.230. The van der Waals surface area contributed by atoms with Crippen molar-refractivity contribution in [2.45, 2.75) is 6.54 Å². The van der Waals surface area contributed by atoms with Gasteiger partial charge in [-0.2, -0.15) is 0 Å². The van der Waals surface area contributed by atoms with Crippen LogP contribution < -0.4 is 21.3 Å². The molecule has 3 aromatic rings. The third kappa shape index (κ3) is 2.89. The Bertz CT molecular complexity index is 1060. The smallest absolute Gasteiger partial charge is 0.332 e. The van der Waals surface area contributed by atoms with E-state index in [0.29, 0.717) is 11.6 Å². The van der Waals surface area contributed by atoms with Crippen LogP contribution in [-0.4, -0.2) is 36.7 Å². The van der Waals surface area contributed by atoms with Crippen LogP contribution in [0.4, 0.5) is 5.69 Å². The molecular formula is C15H16N6O4. The van der Waals surface area contributed by atoms with E-state index in [9.17, 15) is 14.4 Å². The molecule has 25 heavy (non-hydrogen) atoms. The minimum Gasteiger partial charge on any atom is -0.481 e. The molecule has 1 amide bonds. The zero-order valence-electron chi connectivity index (χ0n) is 13.9. The van der Waals surface area contributed by atoms with E-state index in [1.54, 1.807) is 19.2 Å². The van der Waals surface area contributed by atoms with Gasteiger partial charge in [0.2, 0.25) is 11.8 Å². The largest absolute Gasteiger partial charge is 0.481 e. The molecule has 0 aliphatic carbocycles. The molecule has 0 radical (unpaired) electrons. The summed E-state index contributed by atoms with van der Waals surface area (Å²) in [5.74, 6) is -0.113. The number of rotatable bonds is 4. The minimum atomic E-state index is -0.612. The van der Waals surface area contributed by atoms with Gasteiger partial charge in [0.15, 0.2) is 11.2 Å². The van der Waals surface area contributed by atoms with E-state index in [1.807, 2.05) is 0 Å². The zero-order valence-corrected chi connectivity index (χ0v) is 13.9. The molecule has 10 heteroatoms. The van der Waals surface area contributed by atoms with Gasteiger partial charge in [-0.25, -0.2) is 19.3 Å². The van der Waals surface area contributed by atoms with Crippen molar-refractivity contribution in [3.63, 3.8) is 0 Å². The van der Waals surface area contributed by atoms with Gasteiger partial charge in [0, 0.05) is 20.2 Å². The van der Waals surface area contributed by atoms with Gasteiger partial charge >= 0.3 is 5.69 Å². The third-order valence-corrected chi connectivity index (χ3v) is 3.73. The number of aromatic nitrogens is 5. The average Bonchev–Trinajstić information content (AvgIpc) is 2.99. The molecular weight excluding hydrogens is 328 g/mol. The molecule has 0 aliphatic heterocycles. The molecule has 130 valence electrons. The Labute approximate surface area is 141 Å². The number of aryl methyl sites for hydroxylation is 2. The second-order valence-electron chi connectivity index (χ2n) is 5.40. The van der Waals surface area contributed by atoms with Gasteiger partial charge in [0.05, 0.1) is 25.3 Å². The number of fused-ring (bicyclic) bond motifs is 1. The summed E-state index contributed by atoms with van der Waals surface area (Å²) in [6.07, 6.45) is 2.86. The van der Waals surface area contributed by atoms with E-state index in [-0.39, 0.29) is 11.2 Å². The first kappa shape index (κ1) is 16.4. The van der Waals surface area contributed by atoms with Crippen LogP contribution in [0.25, 0.3) is 11.2 Å². The zero-order chi connectivity index (χ0) is 18.1.